The Hall–Kier alpha value is -3.41. The van der Waals surface area contributed by atoms with Crippen molar-refractivity contribution in [1.29, 1.82) is 0 Å². The molecule has 6 nitrogen and oxygen atoms in total. The Morgan fingerprint density at radius 1 is 1.10 bits per heavy atom. The van der Waals surface area contributed by atoms with Crippen LogP contribution in [0, 0.1) is 6.92 Å². The fourth-order valence-electron chi connectivity index (χ4n) is 3.06. The van der Waals surface area contributed by atoms with Crippen LogP contribution in [-0.2, 0) is 16.1 Å². The van der Waals surface area contributed by atoms with Crippen LogP contribution in [0.4, 0.5) is 5.69 Å². The Kier molecular flexibility index (Phi) is 6.44. The summed E-state index contributed by atoms with van der Waals surface area (Å²) in [5.74, 6) is -0.678. The number of aromatic nitrogens is 2. The predicted octanol–water partition coefficient (Wildman–Crippen LogP) is 4.16. The average Bonchev–Trinajstić information content (AvgIpc) is 3.17. The first-order chi connectivity index (χ1) is 13.9. The van der Waals surface area contributed by atoms with E-state index in [-0.39, 0.29) is 18.4 Å². The highest BCUT2D eigenvalue weighted by Crippen LogP contribution is 2.27. The lowest BCUT2D eigenvalue weighted by atomic mass is 9.98. The number of esters is 1. The SMILES string of the molecule is Cc1cccc(C(C)C)c1NC(=O)COC(=O)c1cnn(Cc2ccccc2)c1. The fourth-order valence-corrected chi connectivity index (χ4v) is 3.06. The highest BCUT2D eigenvalue weighted by molar-refractivity contribution is 5.96. The number of nitrogens with zero attached hydrogens (tertiary/aromatic N) is 2. The lowest BCUT2D eigenvalue weighted by Gasteiger charge is -2.16. The minimum absolute atomic E-state index is 0.267. The molecular weight excluding hydrogens is 366 g/mol. The number of para-hydroxylation sites is 1. The Balaban J connectivity index is 1.57. The summed E-state index contributed by atoms with van der Waals surface area (Å²) < 4.78 is 6.82. The molecule has 0 radical (unpaired) electrons. The van der Waals surface area contributed by atoms with Crippen LogP contribution in [0.5, 0.6) is 0 Å². The molecule has 0 unspecified atom stereocenters. The van der Waals surface area contributed by atoms with Crippen LogP contribution >= 0.6 is 0 Å². The minimum atomic E-state index is -0.576. The molecule has 0 aliphatic rings. The van der Waals surface area contributed by atoms with Crippen molar-refractivity contribution in [1.82, 2.24) is 9.78 Å². The van der Waals surface area contributed by atoms with Gasteiger partial charge >= 0.3 is 5.97 Å². The van der Waals surface area contributed by atoms with E-state index in [1.54, 1.807) is 10.9 Å². The smallest absolute Gasteiger partial charge is 0.341 e. The quantitative estimate of drug-likeness (QED) is 0.614. The molecular formula is C23H25N3O3. The zero-order chi connectivity index (χ0) is 20.8. The monoisotopic (exact) mass is 391 g/mol. The second-order valence-corrected chi connectivity index (χ2v) is 7.23. The van der Waals surface area contributed by atoms with Crippen LogP contribution in [0.15, 0.2) is 60.9 Å². The van der Waals surface area contributed by atoms with Crippen molar-refractivity contribution in [3.8, 4) is 0 Å². The third kappa shape index (κ3) is 5.31. The molecule has 1 heterocycles. The Labute approximate surface area is 170 Å². The molecule has 0 saturated heterocycles. The van der Waals surface area contributed by atoms with Crippen molar-refractivity contribution < 1.29 is 14.3 Å². The van der Waals surface area contributed by atoms with Gasteiger partial charge in [0.05, 0.1) is 18.3 Å². The lowest BCUT2D eigenvalue weighted by Crippen LogP contribution is -2.22. The van der Waals surface area contributed by atoms with Crippen molar-refractivity contribution in [3.63, 3.8) is 0 Å². The van der Waals surface area contributed by atoms with Crippen LogP contribution in [0.1, 0.15) is 46.8 Å². The molecule has 0 aliphatic heterocycles. The van der Waals surface area contributed by atoms with Gasteiger partial charge in [-0.2, -0.15) is 5.10 Å². The normalized spacial score (nSPS) is 10.8. The highest BCUT2D eigenvalue weighted by atomic mass is 16.5. The zero-order valence-electron chi connectivity index (χ0n) is 16.9. The average molecular weight is 391 g/mol. The number of aryl methyl sites for hydroxylation is 1. The first-order valence-electron chi connectivity index (χ1n) is 9.57. The van der Waals surface area contributed by atoms with E-state index in [4.69, 9.17) is 4.74 Å². The second kappa shape index (κ2) is 9.19. The lowest BCUT2D eigenvalue weighted by molar-refractivity contribution is -0.119. The molecule has 3 rings (SSSR count). The summed E-state index contributed by atoms with van der Waals surface area (Å²) in [6.45, 7) is 6.28. The van der Waals surface area contributed by atoms with Gasteiger partial charge in [0.15, 0.2) is 6.61 Å². The molecule has 0 fully saturated rings. The maximum absolute atomic E-state index is 12.3. The summed E-state index contributed by atoms with van der Waals surface area (Å²) in [6.07, 6.45) is 3.06. The molecule has 29 heavy (non-hydrogen) atoms. The summed E-state index contributed by atoms with van der Waals surface area (Å²) >= 11 is 0. The zero-order valence-corrected chi connectivity index (χ0v) is 16.9. The van der Waals surface area contributed by atoms with E-state index in [1.165, 1.54) is 6.20 Å². The molecule has 2 aromatic carbocycles. The molecule has 0 atom stereocenters. The third-order valence-electron chi connectivity index (χ3n) is 4.58. The topological polar surface area (TPSA) is 73.2 Å². The van der Waals surface area contributed by atoms with E-state index in [1.807, 2.05) is 55.5 Å². The first kappa shape index (κ1) is 20.3. The molecule has 0 saturated carbocycles. The molecule has 1 N–H and O–H groups in total. The van der Waals surface area contributed by atoms with Gasteiger partial charge in [0.1, 0.15) is 0 Å². The second-order valence-electron chi connectivity index (χ2n) is 7.23. The van der Waals surface area contributed by atoms with Gasteiger partial charge in [-0.15, -0.1) is 0 Å². The number of anilines is 1. The molecule has 150 valence electrons. The summed E-state index contributed by atoms with van der Waals surface area (Å²) in [5, 5.41) is 7.05. The van der Waals surface area contributed by atoms with Gasteiger partial charge in [0, 0.05) is 11.9 Å². The predicted molar refractivity (Wildman–Crippen MR) is 112 cm³/mol. The van der Waals surface area contributed by atoms with E-state index >= 15 is 0 Å². The van der Waals surface area contributed by atoms with E-state index in [9.17, 15) is 9.59 Å². The fraction of sp³-hybridized carbons (Fsp3) is 0.261. The van der Waals surface area contributed by atoms with Crippen LogP contribution in [0.2, 0.25) is 0 Å². The van der Waals surface area contributed by atoms with Gasteiger partial charge in [0.2, 0.25) is 0 Å². The van der Waals surface area contributed by atoms with Crippen LogP contribution < -0.4 is 5.32 Å². The number of carbonyl (C=O) groups excluding carboxylic acids is 2. The molecule has 6 heteroatoms. The largest absolute Gasteiger partial charge is 0.452 e. The summed E-state index contributed by atoms with van der Waals surface area (Å²) in [7, 11) is 0. The van der Waals surface area contributed by atoms with Crippen LogP contribution in [0.25, 0.3) is 0 Å². The summed E-state index contributed by atoms with van der Waals surface area (Å²) in [6, 6.07) is 15.7. The third-order valence-corrected chi connectivity index (χ3v) is 4.58. The standard InChI is InChI=1S/C23H25N3O3/c1-16(2)20-11-7-8-17(3)22(20)25-21(27)15-29-23(28)19-12-24-26(14-19)13-18-9-5-4-6-10-18/h4-12,14,16H,13,15H2,1-3H3,(H,25,27). The van der Waals surface area contributed by atoms with Gasteiger partial charge < -0.3 is 10.1 Å². The number of hydrogen-bond donors (Lipinski definition) is 1. The summed E-state index contributed by atoms with van der Waals surface area (Å²) in [4.78, 5) is 24.6. The Bertz CT molecular complexity index is 994. The molecule has 1 amide bonds. The van der Waals surface area contributed by atoms with Gasteiger partial charge in [-0.05, 0) is 29.5 Å². The number of benzene rings is 2. The van der Waals surface area contributed by atoms with Crippen molar-refractivity contribution >= 4 is 17.6 Å². The molecule has 0 aliphatic carbocycles. The molecule has 3 aromatic rings. The Morgan fingerprint density at radius 2 is 1.86 bits per heavy atom. The maximum atomic E-state index is 12.3. The maximum Gasteiger partial charge on any atom is 0.341 e. The van der Waals surface area contributed by atoms with Gasteiger partial charge in [0.25, 0.3) is 5.91 Å². The van der Waals surface area contributed by atoms with Crippen LogP contribution in [-0.4, -0.2) is 28.3 Å². The Morgan fingerprint density at radius 3 is 2.59 bits per heavy atom. The number of nitrogens with one attached hydrogen (secondary N) is 1. The van der Waals surface area contributed by atoms with Gasteiger partial charge in [-0.3, -0.25) is 9.48 Å². The van der Waals surface area contributed by atoms with Gasteiger partial charge in [-0.25, -0.2) is 4.79 Å². The number of carbonyl (C=O) groups is 2. The van der Waals surface area contributed by atoms with E-state index in [2.05, 4.69) is 24.3 Å². The van der Waals surface area contributed by atoms with E-state index in [0.29, 0.717) is 12.1 Å². The van der Waals surface area contributed by atoms with E-state index in [0.717, 1.165) is 22.4 Å². The van der Waals surface area contributed by atoms with Crippen molar-refractivity contribution in [3.05, 3.63) is 83.2 Å². The van der Waals surface area contributed by atoms with Crippen LogP contribution in [0.3, 0.4) is 0 Å². The molecule has 0 spiro atoms. The number of rotatable bonds is 7. The van der Waals surface area contributed by atoms with Crippen molar-refractivity contribution in [2.24, 2.45) is 0 Å². The number of ether oxygens (including phenoxy) is 1. The van der Waals surface area contributed by atoms with E-state index < -0.39 is 5.97 Å². The minimum Gasteiger partial charge on any atom is -0.452 e. The van der Waals surface area contributed by atoms with Gasteiger partial charge in [-0.1, -0.05) is 62.4 Å². The number of hydrogen-bond acceptors (Lipinski definition) is 4. The molecule has 0 bridgehead atoms. The highest BCUT2D eigenvalue weighted by Gasteiger charge is 2.15. The van der Waals surface area contributed by atoms with Crippen molar-refractivity contribution in [2.75, 3.05) is 11.9 Å². The first-order valence-corrected chi connectivity index (χ1v) is 9.57. The molecule has 1 aromatic heterocycles. The number of amides is 1. The summed E-state index contributed by atoms with van der Waals surface area (Å²) in [5.41, 5.74) is 4.19. The van der Waals surface area contributed by atoms with Crippen molar-refractivity contribution in [2.45, 2.75) is 33.2 Å².